The van der Waals surface area contributed by atoms with Gasteiger partial charge in [0.1, 0.15) is 12.1 Å². The Hall–Kier alpha value is -2.94. The molecule has 2 aliphatic heterocycles. The lowest BCUT2D eigenvalue weighted by Gasteiger charge is -2.24. The molecule has 0 unspecified atom stereocenters. The van der Waals surface area contributed by atoms with E-state index in [2.05, 4.69) is 10.6 Å². The number of imide groups is 1. The molecular weight excluding hydrogens is 394 g/mol. The first-order valence-electron chi connectivity index (χ1n) is 9.32. The van der Waals surface area contributed by atoms with E-state index in [1.54, 1.807) is 13.0 Å². The summed E-state index contributed by atoms with van der Waals surface area (Å²) in [6, 6.07) is 11.9. The number of nitrogens with one attached hydrogen (secondary N) is 2. The number of benzene rings is 2. The molecule has 2 heterocycles. The normalized spacial score (nSPS) is 26.0. The summed E-state index contributed by atoms with van der Waals surface area (Å²) in [5, 5.41) is 7.10. The van der Waals surface area contributed by atoms with Gasteiger partial charge in [-0.3, -0.25) is 14.5 Å². The average molecular weight is 415 g/mol. The molecule has 9 heteroatoms. The monoisotopic (exact) mass is 415 g/mol. The highest BCUT2D eigenvalue weighted by atomic mass is 32.2. The second kappa shape index (κ2) is 6.84. The van der Waals surface area contributed by atoms with Gasteiger partial charge < -0.3 is 10.6 Å². The summed E-state index contributed by atoms with van der Waals surface area (Å²) >= 11 is 0. The van der Waals surface area contributed by atoms with Gasteiger partial charge in [-0.15, -0.1) is 0 Å². The molecule has 29 heavy (non-hydrogen) atoms. The number of rotatable bonds is 4. The SMILES string of the molecule is C[C@@]1(c2cccc3ccccc23)NC(=O)N(CC(=O)N[C@H]2CCS(=O)(=O)C2)C1=O. The second-order valence-corrected chi connectivity index (χ2v) is 9.87. The third-order valence-corrected chi connectivity index (χ3v) is 7.27. The number of hydrogen-bond donors (Lipinski definition) is 2. The van der Waals surface area contributed by atoms with Crippen LogP contribution < -0.4 is 10.6 Å². The van der Waals surface area contributed by atoms with Crippen molar-refractivity contribution in [3.8, 4) is 0 Å². The lowest BCUT2D eigenvalue weighted by molar-refractivity contribution is -0.135. The van der Waals surface area contributed by atoms with Crippen LogP contribution in [0, 0.1) is 0 Å². The summed E-state index contributed by atoms with van der Waals surface area (Å²) in [5.74, 6) is -1.17. The maximum Gasteiger partial charge on any atom is 0.325 e. The first kappa shape index (κ1) is 19.4. The van der Waals surface area contributed by atoms with Crippen molar-refractivity contribution >= 4 is 38.5 Å². The number of sulfone groups is 1. The molecule has 0 aromatic heterocycles. The van der Waals surface area contributed by atoms with E-state index < -0.39 is 45.8 Å². The van der Waals surface area contributed by atoms with Gasteiger partial charge in [-0.1, -0.05) is 42.5 Å². The van der Waals surface area contributed by atoms with Crippen LogP contribution >= 0.6 is 0 Å². The molecule has 0 spiro atoms. The Balaban J connectivity index is 1.55. The minimum absolute atomic E-state index is 0.0280. The molecule has 4 amide bonds. The Bertz CT molecular complexity index is 1120. The van der Waals surface area contributed by atoms with E-state index in [0.29, 0.717) is 12.0 Å². The predicted molar refractivity (Wildman–Crippen MR) is 107 cm³/mol. The Morgan fingerprint density at radius 2 is 1.93 bits per heavy atom. The molecular formula is C20H21N3O5S. The molecule has 2 N–H and O–H groups in total. The third kappa shape index (κ3) is 3.46. The summed E-state index contributed by atoms with van der Waals surface area (Å²) < 4.78 is 23.1. The van der Waals surface area contributed by atoms with Gasteiger partial charge in [-0.25, -0.2) is 13.2 Å². The van der Waals surface area contributed by atoms with Crippen molar-refractivity contribution < 1.29 is 22.8 Å². The number of carbonyl (C=O) groups excluding carboxylic acids is 3. The van der Waals surface area contributed by atoms with E-state index in [0.717, 1.165) is 15.7 Å². The van der Waals surface area contributed by atoms with Crippen molar-refractivity contribution in [3.63, 3.8) is 0 Å². The van der Waals surface area contributed by atoms with Crippen LogP contribution in [-0.2, 0) is 25.0 Å². The quantitative estimate of drug-likeness (QED) is 0.721. The predicted octanol–water partition coefficient (Wildman–Crippen LogP) is 0.910. The van der Waals surface area contributed by atoms with Crippen LogP contribution in [-0.4, -0.2) is 55.3 Å². The van der Waals surface area contributed by atoms with Gasteiger partial charge in [-0.2, -0.15) is 0 Å². The summed E-state index contributed by atoms with van der Waals surface area (Å²) in [7, 11) is -3.14. The Kier molecular flexibility index (Phi) is 4.57. The van der Waals surface area contributed by atoms with E-state index in [1.807, 2.05) is 36.4 Å². The molecule has 0 aliphatic carbocycles. The summed E-state index contributed by atoms with van der Waals surface area (Å²) in [4.78, 5) is 38.8. The molecule has 152 valence electrons. The van der Waals surface area contributed by atoms with Crippen LogP contribution in [0.25, 0.3) is 10.8 Å². The second-order valence-electron chi connectivity index (χ2n) is 7.64. The lowest BCUT2D eigenvalue weighted by atomic mass is 9.88. The number of fused-ring (bicyclic) bond motifs is 1. The molecule has 2 aliphatic rings. The lowest BCUT2D eigenvalue weighted by Crippen LogP contribution is -2.45. The largest absolute Gasteiger partial charge is 0.351 e. The topological polar surface area (TPSA) is 113 Å². The van der Waals surface area contributed by atoms with Crippen molar-refractivity contribution in [1.29, 1.82) is 0 Å². The first-order chi connectivity index (χ1) is 13.7. The van der Waals surface area contributed by atoms with E-state index in [1.165, 1.54) is 0 Å². The standard InChI is InChI=1S/C20H21N3O5S/c1-20(16-8-4-6-13-5-2-3-7-15(13)16)18(25)23(19(26)22-20)11-17(24)21-14-9-10-29(27,28)12-14/h2-8,14H,9-12H2,1H3,(H,21,24)(H,22,26)/t14-,20-/m0/s1. The minimum Gasteiger partial charge on any atom is -0.351 e. The van der Waals surface area contributed by atoms with Gasteiger partial charge in [0.05, 0.1) is 11.5 Å². The molecule has 8 nitrogen and oxygen atoms in total. The number of urea groups is 1. The van der Waals surface area contributed by atoms with Crippen molar-refractivity contribution in [2.24, 2.45) is 0 Å². The van der Waals surface area contributed by atoms with E-state index in [4.69, 9.17) is 0 Å². The maximum atomic E-state index is 13.1. The Labute approximate surface area is 168 Å². The van der Waals surface area contributed by atoms with Crippen molar-refractivity contribution in [3.05, 3.63) is 48.0 Å². The number of nitrogens with zero attached hydrogens (tertiary/aromatic N) is 1. The van der Waals surface area contributed by atoms with Crippen LogP contribution in [0.4, 0.5) is 4.79 Å². The van der Waals surface area contributed by atoms with Crippen LogP contribution in [0.1, 0.15) is 18.9 Å². The van der Waals surface area contributed by atoms with Gasteiger partial charge in [0.25, 0.3) is 5.91 Å². The van der Waals surface area contributed by atoms with Crippen molar-refractivity contribution in [1.82, 2.24) is 15.5 Å². The average Bonchev–Trinajstić information content (AvgIpc) is 3.12. The summed E-state index contributed by atoms with van der Waals surface area (Å²) in [6.45, 7) is 1.16. The zero-order valence-corrected chi connectivity index (χ0v) is 16.7. The van der Waals surface area contributed by atoms with Crippen molar-refractivity contribution in [2.75, 3.05) is 18.1 Å². The zero-order chi connectivity index (χ0) is 20.8. The highest BCUT2D eigenvalue weighted by molar-refractivity contribution is 7.91. The van der Waals surface area contributed by atoms with Gasteiger partial charge in [-0.05, 0) is 29.7 Å². The first-order valence-corrected chi connectivity index (χ1v) is 11.1. The highest BCUT2D eigenvalue weighted by Gasteiger charge is 2.50. The van der Waals surface area contributed by atoms with Crippen molar-refractivity contribution in [2.45, 2.75) is 24.9 Å². The summed E-state index contributed by atoms with van der Waals surface area (Å²) in [5.41, 5.74) is -0.645. The van der Waals surface area contributed by atoms with Crippen LogP contribution in [0.15, 0.2) is 42.5 Å². The van der Waals surface area contributed by atoms with Crippen LogP contribution in [0.2, 0.25) is 0 Å². The molecule has 4 rings (SSSR count). The molecule has 2 atom stereocenters. The summed E-state index contributed by atoms with van der Waals surface area (Å²) in [6.07, 6.45) is 0.335. The third-order valence-electron chi connectivity index (χ3n) is 5.50. The molecule has 2 aromatic carbocycles. The molecule has 0 bridgehead atoms. The Morgan fingerprint density at radius 1 is 1.21 bits per heavy atom. The van der Waals surface area contributed by atoms with Gasteiger partial charge in [0, 0.05) is 6.04 Å². The maximum absolute atomic E-state index is 13.1. The molecule has 2 aromatic rings. The molecule has 2 saturated heterocycles. The van der Waals surface area contributed by atoms with E-state index in [9.17, 15) is 22.8 Å². The smallest absolute Gasteiger partial charge is 0.325 e. The Morgan fingerprint density at radius 3 is 2.66 bits per heavy atom. The number of hydrogen-bond acceptors (Lipinski definition) is 5. The zero-order valence-electron chi connectivity index (χ0n) is 15.8. The molecule has 0 saturated carbocycles. The van der Waals surface area contributed by atoms with E-state index in [-0.39, 0.29) is 11.5 Å². The van der Waals surface area contributed by atoms with Gasteiger partial charge in [0.2, 0.25) is 5.91 Å². The fourth-order valence-corrected chi connectivity index (χ4v) is 5.68. The van der Waals surface area contributed by atoms with Gasteiger partial charge in [0.15, 0.2) is 9.84 Å². The minimum atomic E-state index is -3.14. The molecule has 2 fully saturated rings. The van der Waals surface area contributed by atoms with Crippen LogP contribution in [0.3, 0.4) is 0 Å². The number of amides is 4. The fourth-order valence-electron chi connectivity index (χ4n) is 4.01. The molecule has 0 radical (unpaired) electrons. The highest BCUT2D eigenvalue weighted by Crippen LogP contribution is 2.33. The van der Waals surface area contributed by atoms with E-state index >= 15 is 0 Å². The van der Waals surface area contributed by atoms with Gasteiger partial charge >= 0.3 is 6.03 Å². The number of carbonyl (C=O) groups is 3. The van der Waals surface area contributed by atoms with Crippen LogP contribution in [0.5, 0.6) is 0 Å². The fraction of sp³-hybridized carbons (Fsp3) is 0.350.